The van der Waals surface area contributed by atoms with Crippen LogP contribution in [0.5, 0.6) is 0 Å². The Bertz CT molecular complexity index is 1080. The standard InChI is InChI=1S/C19H15F2N3O5S/c1-28-18(27)14(15-23-11-6-2-3-7-12(11)24-15)13(25)9-29-17(26)10-5-4-8-22-16(10)30-19(20)21/h2-8,19,25H,9H2,1H3,(H,23,24)/b14-13+. The molecule has 30 heavy (non-hydrogen) atoms. The second-order valence-electron chi connectivity index (χ2n) is 5.73. The number of carbonyl (C=O) groups excluding carboxylic acids is 2. The van der Waals surface area contributed by atoms with Crippen LogP contribution in [0.4, 0.5) is 8.78 Å². The first-order chi connectivity index (χ1) is 14.4. The number of imidazole rings is 1. The number of aromatic nitrogens is 3. The van der Waals surface area contributed by atoms with Gasteiger partial charge >= 0.3 is 11.9 Å². The second-order valence-corrected chi connectivity index (χ2v) is 6.71. The van der Waals surface area contributed by atoms with E-state index in [-0.39, 0.29) is 33.7 Å². The van der Waals surface area contributed by atoms with Gasteiger partial charge in [-0.2, -0.15) is 8.78 Å². The van der Waals surface area contributed by atoms with E-state index in [1.807, 2.05) is 0 Å². The van der Waals surface area contributed by atoms with Gasteiger partial charge in [-0.25, -0.2) is 19.6 Å². The van der Waals surface area contributed by atoms with Gasteiger partial charge in [-0.05, 0) is 36.0 Å². The van der Waals surface area contributed by atoms with Gasteiger partial charge in [-0.3, -0.25) is 0 Å². The molecule has 0 bridgehead atoms. The predicted octanol–water partition coefficient (Wildman–Crippen LogP) is 3.57. The van der Waals surface area contributed by atoms with Crippen LogP contribution in [-0.4, -0.2) is 51.5 Å². The van der Waals surface area contributed by atoms with Gasteiger partial charge in [0.25, 0.3) is 5.76 Å². The maximum absolute atomic E-state index is 12.6. The number of aromatic amines is 1. The number of methoxy groups -OCH3 is 1. The number of nitrogens with zero attached hydrogens (tertiary/aromatic N) is 2. The number of rotatable bonds is 7. The fourth-order valence-electron chi connectivity index (χ4n) is 2.53. The molecule has 2 aromatic heterocycles. The van der Waals surface area contributed by atoms with E-state index in [1.165, 1.54) is 18.3 Å². The molecule has 0 spiro atoms. The van der Waals surface area contributed by atoms with E-state index in [0.717, 1.165) is 7.11 Å². The van der Waals surface area contributed by atoms with Crippen molar-refractivity contribution in [3.8, 4) is 0 Å². The lowest BCUT2D eigenvalue weighted by molar-refractivity contribution is -0.133. The maximum Gasteiger partial charge on any atom is 0.345 e. The number of ether oxygens (including phenoxy) is 2. The quantitative estimate of drug-likeness (QED) is 0.251. The molecule has 0 saturated carbocycles. The van der Waals surface area contributed by atoms with E-state index < -0.39 is 30.1 Å². The minimum Gasteiger partial charge on any atom is -0.508 e. The zero-order valence-electron chi connectivity index (χ0n) is 15.5. The number of aliphatic hydroxyl groups excluding tert-OH is 1. The molecule has 0 unspecified atom stereocenters. The molecule has 2 heterocycles. The summed E-state index contributed by atoms with van der Waals surface area (Å²) in [7, 11) is 1.12. The van der Waals surface area contributed by atoms with E-state index in [4.69, 9.17) is 4.74 Å². The molecule has 0 fully saturated rings. The van der Waals surface area contributed by atoms with E-state index in [0.29, 0.717) is 11.0 Å². The topological polar surface area (TPSA) is 114 Å². The Hall–Kier alpha value is -3.47. The van der Waals surface area contributed by atoms with Gasteiger partial charge in [0.15, 0.2) is 0 Å². The molecular weight excluding hydrogens is 420 g/mol. The number of esters is 2. The van der Waals surface area contributed by atoms with Crippen molar-refractivity contribution >= 4 is 40.3 Å². The lowest BCUT2D eigenvalue weighted by atomic mass is 10.2. The number of thioether (sulfide) groups is 1. The van der Waals surface area contributed by atoms with Gasteiger partial charge in [0, 0.05) is 6.20 Å². The molecule has 0 aliphatic rings. The second kappa shape index (κ2) is 9.35. The molecule has 3 rings (SSSR count). The SMILES string of the molecule is COC(=O)/C(=C(/O)COC(=O)c1cccnc1SC(F)F)c1nc2ccccc2[nH]1. The number of benzene rings is 1. The predicted molar refractivity (Wildman–Crippen MR) is 104 cm³/mol. The molecule has 2 N–H and O–H groups in total. The fourth-order valence-corrected chi connectivity index (χ4v) is 3.10. The maximum atomic E-state index is 12.6. The third-order valence-corrected chi connectivity index (χ3v) is 4.56. The van der Waals surface area contributed by atoms with Crippen LogP contribution in [0.2, 0.25) is 0 Å². The molecule has 8 nitrogen and oxygen atoms in total. The van der Waals surface area contributed by atoms with Crippen LogP contribution < -0.4 is 0 Å². The van der Waals surface area contributed by atoms with Crippen LogP contribution in [0.3, 0.4) is 0 Å². The monoisotopic (exact) mass is 435 g/mol. The number of fused-ring (bicyclic) bond motifs is 1. The van der Waals surface area contributed by atoms with Gasteiger partial charge in [-0.15, -0.1) is 0 Å². The van der Waals surface area contributed by atoms with Crippen molar-refractivity contribution in [2.24, 2.45) is 0 Å². The van der Waals surface area contributed by atoms with Gasteiger partial charge in [0.1, 0.15) is 28.8 Å². The summed E-state index contributed by atoms with van der Waals surface area (Å²) in [6.07, 6.45) is 1.26. The highest BCUT2D eigenvalue weighted by molar-refractivity contribution is 7.99. The lowest BCUT2D eigenvalue weighted by Crippen LogP contribution is -2.14. The Kier molecular flexibility index (Phi) is 6.62. The number of para-hydroxylation sites is 2. The summed E-state index contributed by atoms with van der Waals surface area (Å²) in [5.74, 6) is -5.28. The average molecular weight is 435 g/mol. The first-order valence-corrected chi connectivity index (χ1v) is 9.31. The Labute approximate surface area is 172 Å². The van der Waals surface area contributed by atoms with Crippen molar-refractivity contribution < 1.29 is 33.0 Å². The first kappa shape index (κ1) is 21.2. The van der Waals surface area contributed by atoms with Crippen molar-refractivity contribution in [3.63, 3.8) is 0 Å². The van der Waals surface area contributed by atoms with E-state index in [2.05, 4.69) is 19.7 Å². The van der Waals surface area contributed by atoms with E-state index in [9.17, 15) is 23.5 Å². The summed E-state index contributed by atoms with van der Waals surface area (Å²) in [4.78, 5) is 35.3. The number of carbonyl (C=O) groups is 2. The number of halogens is 2. The molecule has 11 heteroatoms. The smallest absolute Gasteiger partial charge is 0.345 e. The number of H-pyrrole nitrogens is 1. The molecule has 156 valence electrons. The summed E-state index contributed by atoms with van der Waals surface area (Å²) in [6, 6.07) is 9.58. The minimum atomic E-state index is -2.78. The Morgan fingerprint density at radius 2 is 2.00 bits per heavy atom. The first-order valence-electron chi connectivity index (χ1n) is 8.43. The van der Waals surface area contributed by atoms with Crippen molar-refractivity contribution in [2.45, 2.75) is 10.8 Å². The molecule has 1 aromatic carbocycles. The highest BCUT2D eigenvalue weighted by atomic mass is 32.2. The molecule has 0 aliphatic carbocycles. The Balaban J connectivity index is 1.86. The van der Waals surface area contributed by atoms with E-state index >= 15 is 0 Å². The number of nitrogens with one attached hydrogen (secondary N) is 1. The number of alkyl halides is 2. The Morgan fingerprint density at radius 1 is 1.23 bits per heavy atom. The van der Waals surface area contributed by atoms with Gasteiger partial charge in [-0.1, -0.05) is 12.1 Å². The molecule has 0 radical (unpaired) electrons. The fraction of sp³-hybridized carbons (Fsp3) is 0.158. The van der Waals surface area contributed by atoms with Crippen LogP contribution >= 0.6 is 11.8 Å². The van der Waals surface area contributed by atoms with E-state index in [1.54, 1.807) is 24.3 Å². The zero-order chi connectivity index (χ0) is 21.7. The van der Waals surface area contributed by atoms with Crippen LogP contribution in [0, 0.1) is 0 Å². The molecular formula is C19H15F2N3O5S. The summed E-state index contributed by atoms with van der Waals surface area (Å²) in [5, 5.41) is 10.2. The summed E-state index contributed by atoms with van der Waals surface area (Å²) in [5.41, 5.74) is 0.638. The third-order valence-electron chi connectivity index (χ3n) is 3.84. The number of hydrogen-bond acceptors (Lipinski definition) is 8. The summed E-state index contributed by atoms with van der Waals surface area (Å²) >= 11 is 0.0928. The summed E-state index contributed by atoms with van der Waals surface area (Å²) in [6.45, 7) is -0.714. The highest BCUT2D eigenvalue weighted by Gasteiger charge is 2.24. The molecule has 0 saturated heterocycles. The van der Waals surface area contributed by atoms with Gasteiger partial charge in [0.2, 0.25) is 0 Å². The molecule has 0 atom stereocenters. The van der Waals surface area contributed by atoms with Crippen molar-refractivity contribution in [1.82, 2.24) is 15.0 Å². The summed E-state index contributed by atoms with van der Waals surface area (Å²) < 4.78 is 35.0. The minimum absolute atomic E-state index is 0.0203. The third kappa shape index (κ3) is 4.74. The average Bonchev–Trinajstić information content (AvgIpc) is 3.15. The van der Waals surface area contributed by atoms with Crippen LogP contribution in [-0.2, 0) is 14.3 Å². The van der Waals surface area contributed by atoms with Gasteiger partial charge in [0.05, 0.1) is 23.7 Å². The van der Waals surface area contributed by atoms with Crippen LogP contribution in [0.25, 0.3) is 16.6 Å². The normalized spacial score (nSPS) is 12.0. The molecule has 3 aromatic rings. The van der Waals surface area contributed by atoms with Gasteiger partial charge < -0.3 is 19.6 Å². The largest absolute Gasteiger partial charge is 0.508 e. The van der Waals surface area contributed by atoms with Crippen molar-refractivity contribution in [3.05, 3.63) is 59.7 Å². The van der Waals surface area contributed by atoms with Crippen molar-refractivity contribution in [1.29, 1.82) is 0 Å². The zero-order valence-corrected chi connectivity index (χ0v) is 16.3. The Morgan fingerprint density at radius 3 is 2.70 bits per heavy atom. The van der Waals surface area contributed by atoms with Crippen LogP contribution in [0.15, 0.2) is 53.4 Å². The molecule has 0 amide bonds. The number of pyridine rings is 1. The lowest BCUT2D eigenvalue weighted by Gasteiger charge is -2.10. The molecule has 0 aliphatic heterocycles. The highest BCUT2D eigenvalue weighted by Crippen LogP contribution is 2.27. The van der Waals surface area contributed by atoms with Crippen molar-refractivity contribution in [2.75, 3.05) is 13.7 Å². The number of hydrogen-bond donors (Lipinski definition) is 2. The van der Waals surface area contributed by atoms with Crippen LogP contribution in [0.1, 0.15) is 16.2 Å². The number of aliphatic hydroxyl groups is 1.